The second kappa shape index (κ2) is 9.20. The molecule has 2 fully saturated rings. The van der Waals surface area contributed by atoms with Gasteiger partial charge in [-0.15, -0.1) is 0 Å². The molecule has 1 amide bonds. The molecule has 1 saturated carbocycles. The standard InChI is InChI=1S/C21H37NO4/c1-14(23)22-17-11-18(26-20(12-17)21(3,4)5)13-19(25-15(2)24)16-9-7-6-8-10-16/h16-20H,6-13H2,1-5H3,(H,22,23)/t17-,18-,19+,20+/m0/s1. The third kappa shape index (κ3) is 6.57. The average Bonchev–Trinajstić information content (AvgIpc) is 2.53. The molecule has 0 spiro atoms. The molecule has 1 N–H and O–H groups in total. The second-order valence-corrected chi connectivity index (χ2v) is 9.26. The fourth-order valence-electron chi connectivity index (χ4n) is 4.45. The monoisotopic (exact) mass is 367 g/mol. The van der Waals surface area contributed by atoms with Crippen LogP contribution in [0.15, 0.2) is 0 Å². The Kier molecular flexibility index (Phi) is 7.51. The fourth-order valence-corrected chi connectivity index (χ4v) is 4.45. The van der Waals surface area contributed by atoms with Crippen molar-refractivity contribution in [3.05, 3.63) is 0 Å². The maximum absolute atomic E-state index is 11.7. The Morgan fingerprint density at radius 3 is 2.31 bits per heavy atom. The molecule has 5 nitrogen and oxygen atoms in total. The molecule has 4 atom stereocenters. The molecule has 0 radical (unpaired) electrons. The van der Waals surface area contributed by atoms with Crippen molar-refractivity contribution < 1.29 is 19.1 Å². The Bertz CT molecular complexity index is 479. The van der Waals surface area contributed by atoms with Crippen LogP contribution in [0, 0.1) is 11.3 Å². The molecule has 150 valence electrons. The Morgan fingerprint density at radius 1 is 1.12 bits per heavy atom. The van der Waals surface area contributed by atoms with Gasteiger partial charge in [0.15, 0.2) is 0 Å². The zero-order valence-electron chi connectivity index (χ0n) is 17.2. The summed E-state index contributed by atoms with van der Waals surface area (Å²) in [5.41, 5.74) is 0.0111. The van der Waals surface area contributed by atoms with Crippen molar-refractivity contribution in [1.29, 1.82) is 0 Å². The highest BCUT2D eigenvalue weighted by Crippen LogP contribution is 2.36. The lowest BCUT2D eigenvalue weighted by molar-refractivity contribution is -0.158. The maximum atomic E-state index is 11.7. The summed E-state index contributed by atoms with van der Waals surface area (Å²) in [6, 6.07) is 0.125. The summed E-state index contributed by atoms with van der Waals surface area (Å²) < 4.78 is 12.1. The van der Waals surface area contributed by atoms with Gasteiger partial charge in [0.25, 0.3) is 0 Å². The predicted octanol–water partition coefficient (Wildman–Crippen LogP) is 3.99. The number of carbonyl (C=O) groups excluding carboxylic acids is 2. The lowest BCUT2D eigenvalue weighted by Gasteiger charge is -2.43. The Balaban J connectivity index is 2.08. The summed E-state index contributed by atoms with van der Waals surface area (Å²) in [6.45, 7) is 9.59. The van der Waals surface area contributed by atoms with Gasteiger partial charge in [-0.25, -0.2) is 0 Å². The molecule has 0 bridgehead atoms. The number of hydrogen-bond donors (Lipinski definition) is 1. The summed E-state index contributed by atoms with van der Waals surface area (Å²) in [4.78, 5) is 23.2. The summed E-state index contributed by atoms with van der Waals surface area (Å²) in [5.74, 6) is 0.236. The first-order valence-electron chi connectivity index (χ1n) is 10.2. The van der Waals surface area contributed by atoms with Crippen LogP contribution in [0.3, 0.4) is 0 Å². The van der Waals surface area contributed by atoms with Crippen molar-refractivity contribution in [2.75, 3.05) is 0 Å². The van der Waals surface area contributed by atoms with Crippen molar-refractivity contribution >= 4 is 11.9 Å². The molecule has 0 aromatic rings. The normalized spacial score (nSPS) is 29.0. The van der Waals surface area contributed by atoms with Crippen LogP contribution in [0.1, 0.15) is 86.0 Å². The highest BCUT2D eigenvalue weighted by Gasteiger charge is 2.39. The Hall–Kier alpha value is -1.10. The summed E-state index contributed by atoms with van der Waals surface area (Å²) >= 11 is 0. The zero-order valence-corrected chi connectivity index (χ0v) is 17.2. The van der Waals surface area contributed by atoms with Gasteiger partial charge in [-0.05, 0) is 37.0 Å². The number of carbonyl (C=O) groups is 2. The van der Waals surface area contributed by atoms with Gasteiger partial charge in [-0.3, -0.25) is 9.59 Å². The molecule has 1 aliphatic heterocycles. The van der Waals surface area contributed by atoms with Crippen molar-refractivity contribution in [2.24, 2.45) is 11.3 Å². The van der Waals surface area contributed by atoms with Crippen LogP contribution < -0.4 is 5.32 Å². The molecular weight excluding hydrogens is 330 g/mol. The quantitative estimate of drug-likeness (QED) is 0.746. The van der Waals surface area contributed by atoms with E-state index < -0.39 is 0 Å². The lowest BCUT2D eigenvalue weighted by Crippen LogP contribution is -2.49. The van der Waals surface area contributed by atoms with E-state index in [2.05, 4.69) is 26.1 Å². The topological polar surface area (TPSA) is 64.6 Å². The summed E-state index contributed by atoms with van der Waals surface area (Å²) in [7, 11) is 0. The minimum absolute atomic E-state index is 0.00660. The van der Waals surface area contributed by atoms with E-state index in [0.717, 1.165) is 32.1 Å². The highest BCUT2D eigenvalue weighted by atomic mass is 16.5. The number of hydrogen-bond acceptors (Lipinski definition) is 4. The first-order chi connectivity index (χ1) is 12.1. The molecule has 1 saturated heterocycles. The number of esters is 1. The van der Waals surface area contributed by atoms with Gasteiger partial charge in [0, 0.05) is 26.3 Å². The largest absolute Gasteiger partial charge is 0.462 e. The Morgan fingerprint density at radius 2 is 1.77 bits per heavy atom. The number of nitrogens with one attached hydrogen (secondary N) is 1. The zero-order chi connectivity index (χ0) is 19.3. The van der Waals surface area contributed by atoms with Crippen LogP contribution >= 0.6 is 0 Å². The van der Waals surface area contributed by atoms with E-state index in [4.69, 9.17) is 9.47 Å². The predicted molar refractivity (Wildman–Crippen MR) is 102 cm³/mol. The molecule has 0 aromatic carbocycles. The molecule has 26 heavy (non-hydrogen) atoms. The third-order valence-electron chi connectivity index (χ3n) is 5.76. The number of rotatable bonds is 5. The molecule has 0 aromatic heterocycles. The first-order valence-corrected chi connectivity index (χ1v) is 10.2. The van der Waals surface area contributed by atoms with Crippen LogP contribution in [-0.2, 0) is 19.1 Å². The van der Waals surface area contributed by atoms with E-state index in [-0.39, 0.29) is 41.6 Å². The van der Waals surface area contributed by atoms with Gasteiger partial charge in [0.1, 0.15) is 6.10 Å². The average molecular weight is 368 g/mol. The van der Waals surface area contributed by atoms with Crippen molar-refractivity contribution in [2.45, 2.75) is 110 Å². The molecule has 0 unspecified atom stereocenters. The van der Waals surface area contributed by atoms with Gasteiger partial charge in [0.05, 0.1) is 12.2 Å². The number of amides is 1. The first kappa shape index (κ1) is 21.2. The van der Waals surface area contributed by atoms with Gasteiger partial charge in [-0.2, -0.15) is 0 Å². The smallest absolute Gasteiger partial charge is 0.302 e. The second-order valence-electron chi connectivity index (χ2n) is 9.26. The van der Waals surface area contributed by atoms with Gasteiger partial charge in [0.2, 0.25) is 5.91 Å². The number of ether oxygens (including phenoxy) is 2. The third-order valence-corrected chi connectivity index (χ3v) is 5.76. The van der Waals surface area contributed by atoms with E-state index in [0.29, 0.717) is 5.92 Å². The molecule has 2 rings (SSSR count). The van der Waals surface area contributed by atoms with Gasteiger partial charge < -0.3 is 14.8 Å². The van der Waals surface area contributed by atoms with Crippen LogP contribution in [0.4, 0.5) is 0 Å². The van der Waals surface area contributed by atoms with E-state index >= 15 is 0 Å². The molecular formula is C21H37NO4. The summed E-state index contributed by atoms with van der Waals surface area (Å²) in [5, 5.41) is 3.08. The van der Waals surface area contributed by atoms with E-state index in [1.165, 1.54) is 26.2 Å². The van der Waals surface area contributed by atoms with Crippen LogP contribution in [0.5, 0.6) is 0 Å². The van der Waals surface area contributed by atoms with Crippen molar-refractivity contribution in [1.82, 2.24) is 5.32 Å². The molecule has 5 heteroatoms. The van der Waals surface area contributed by atoms with Crippen molar-refractivity contribution in [3.63, 3.8) is 0 Å². The molecule has 1 heterocycles. The lowest BCUT2D eigenvalue weighted by atomic mass is 9.79. The minimum atomic E-state index is -0.206. The summed E-state index contributed by atoms with van der Waals surface area (Å²) in [6.07, 6.45) is 8.34. The minimum Gasteiger partial charge on any atom is -0.462 e. The van der Waals surface area contributed by atoms with E-state index in [1.54, 1.807) is 6.92 Å². The maximum Gasteiger partial charge on any atom is 0.302 e. The van der Waals surface area contributed by atoms with Gasteiger partial charge in [-0.1, -0.05) is 40.0 Å². The Labute approximate surface area is 158 Å². The van der Waals surface area contributed by atoms with E-state index in [9.17, 15) is 9.59 Å². The molecule has 1 aliphatic carbocycles. The van der Waals surface area contributed by atoms with Crippen molar-refractivity contribution in [3.8, 4) is 0 Å². The van der Waals surface area contributed by atoms with Crippen LogP contribution in [-0.4, -0.2) is 36.2 Å². The van der Waals surface area contributed by atoms with Crippen LogP contribution in [0.25, 0.3) is 0 Å². The van der Waals surface area contributed by atoms with E-state index in [1.807, 2.05) is 0 Å². The highest BCUT2D eigenvalue weighted by molar-refractivity contribution is 5.73. The van der Waals surface area contributed by atoms with Crippen LogP contribution in [0.2, 0.25) is 0 Å². The SMILES string of the molecule is CC(=O)N[C@H]1C[C@@H](C[C@@H](OC(C)=O)C2CCCCC2)O[C@@H](C(C)(C)C)C1. The fraction of sp³-hybridized carbons (Fsp3) is 0.905. The van der Waals surface area contributed by atoms with Gasteiger partial charge >= 0.3 is 5.97 Å². The molecule has 2 aliphatic rings.